The van der Waals surface area contributed by atoms with E-state index in [-0.39, 0.29) is 79.9 Å². The molecule has 0 aliphatic carbocycles. The summed E-state index contributed by atoms with van der Waals surface area (Å²) in [7, 11) is -4.92. The maximum Gasteiger partial charge on any atom is 2.00 e. The maximum atomic E-state index is 8.63. The summed E-state index contributed by atoms with van der Waals surface area (Å²) in [5.74, 6) is 0. The van der Waals surface area contributed by atoms with E-state index in [0.29, 0.717) is 0 Å². The van der Waals surface area contributed by atoms with Crippen LogP contribution < -0.4 is 51.4 Å². The van der Waals surface area contributed by atoms with Crippen molar-refractivity contribution in [2.45, 2.75) is 0 Å². The monoisotopic (exact) mass is 176 g/mol. The standard InChI is InChI=1S/K.Mg.H2O4S.O/c;;1-5(2,3)4;/h;;(H2,1,2,3,4);/q+1;+2;;-2/p-1. The van der Waals surface area contributed by atoms with Crippen LogP contribution in [0.5, 0.6) is 0 Å². The third-order valence-corrected chi connectivity index (χ3v) is 0. The molecule has 0 spiro atoms. The van der Waals surface area contributed by atoms with Crippen LogP contribution in [0.3, 0.4) is 0 Å². The molecule has 0 rings (SSSR count). The van der Waals surface area contributed by atoms with E-state index in [1.807, 2.05) is 0 Å². The largest absolute Gasteiger partial charge is 2.00 e. The van der Waals surface area contributed by atoms with E-state index in [9.17, 15) is 0 Å². The molecule has 8 heteroatoms. The van der Waals surface area contributed by atoms with Crippen LogP contribution in [0.15, 0.2) is 0 Å². The molecule has 0 fully saturated rings. The van der Waals surface area contributed by atoms with Crippen molar-refractivity contribution in [1.29, 1.82) is 0 Å². The van der Waals surface area contributed by atoms with Gasteiger partial charge in [0.2, 0.25) is 10.4 Å². The molecule has 0 aliphatic heterocycles. The van der Waals surface area contributed by atoms with Crippen molar-refractivity contribution in [1.82, 2.24) is 0 Å². The predicted octanol–water partition coefficient (Wildman–Crippen LogP) is -4.49. The van der Waals surface area contributed by atoms with Crippen molar-refractivity contribution < 1.29 is 74.4 Å². The molecule has 0 unspecified atom stereocenters. The van der Waals surface area contributed by atoms with E-state index in [1.54, 1.807) is 0 Å². The summed E-state index contributed by atoms with van der Waals surface area (Å²) in [6.45, 7) is 0. The molecule has 0 saturated heterocycles. The molecule has 0 atom stereocenters. The van der Waals surface area contributed by atoms with Crippen molar-refractivity contribution in [3.05, 3.63) is 0 Å². The maximum absolute atomic E-state index is 8.63. The Morgan fingerprint density at radius 1 is 1.38 bits per heavy atom. The van der Waals surface area contributed by atoms with Crippen LogP contribution in [0.25, 0.3) is 0 Å². The van der Waals surface area contributed by atoms with Gasteiger partial charge in [0.1, 0.15) is 0 Å². The molecule has 0 bridgehead atoms. The van der Waals surface area contributed by atoms with Gasteiger partial charge in [-0.15, -0.1) is 0 Å². The molecule has 1 N–H and O–H groups in total. The Bertz CT molecular complexity index is 95.6. The van der Waals surface area contributed by atoms with Crippen LogP contribution in [0.2, 0.25) is 0 Å². The van der Waals surface area contributed by atoms with Crippen molar-refractivity contribution >= 4 is 33.5 Å². The number of hydrogen-bond donors (Lipinski definition) is 1. The second-order valence-corrected chi connectivity index (χ2v) is 1.28. The van der Waals surface area contributed by atoms with Gasteiger partial charge >= 0.3 is 74.4 Å². The summed E-state index contributed by atoms with van der Waals surface area (Å²) >= 11 is 0. The van der Waals surface area contributed by atoms with Crippen LogP contribution in [0, 0.1) is 0 Å². The van der Waals surface area contributed by atoms with Crippen molar-refractivity contribution in [3.8, 4) is 0 Å². The molecule has 0 heterocycles. The molecule has 5 nitrogen and oxygen atoms in total. The smallest absolute Gasteiger partial charge is 2.00 e. The first-order valence-electron chi connectivity index (χ1n) is 0.683. The second-order valence-electron chi connectivity index (χ2n) is 0.428. The Labute approximate surface area is 106 Å². The van der Waals surface area contributed by atoms with Crippen molar-refractivity contribution in [2.75, 3.05) is 0 Å². The van der Waals surface area contributed by atoms with E-state index >= 15 is 0 Å². The Morgan fingerprint density at radius 3 is 1.38 bits per heavy atom. The fourth-order valence-corrected chi connectivity index (χ4v) is 0. The van der Waals surface area contributed by atoms with Crippen LogP contribution in [0.4, 0.5) is 0 Å². The van der Waals surface area contributed by atoms with Gasteiger partial charge in [0, 0.05) is 0 Å². The Balaban J connectivity index is -0.0000000267. The van der Waals surface area contributed by atoms with Gasteiger partial charge in [0.25, 0.3) is 0 Å². The molecule has 40 valence electrons. The van der Waals surface area contributed by atoms with Gasteiger partial charge < -0.3 is 10.0 Å². The van der Waals surface area contributed by atoms with E-state index in [2.05, 4.69) is 0 Å². The van der Waals surface area contributed by atoms with Gasteiger partial charge in [0.15, 0.2) is 0 Å². The average Bonchev–Trinajstić information content (AvgIpc) is 0.722. The third-order valence-electron chi connectivity index (χ3n) is 0. The molecule has 0 aliphatic rings. The van der Waals surface area contributed by atoms with Crippen LogP contribution in [0.1, 0.15) is 0 Å². The zero-order chi connectivity index (χ0) is 4.50. The molecule has 0 aromatic rings. The summed E-state index contributed by atoms with van der Waals surface area (Å²) in [5.41, 5.74) is 0. The Kier molecular flexibility index (Phi) is 25.9. The van der Waals surface area contributed by atoms with Gasteiger partial charge in [-0.05, 0) is 0 Å². The Hall–Kier alpha value is 2.23. The van der Waals surface area contributed by atoms with E-state index in [0.717, 1.165) is 0 Å². The molecule has 0 aromatic carbocycles. The quantitative estimate of drug-likeness (QED) is 0.228. The summed E-state index contributed by atoms with van der Waals surface area (Å²) in [6, 6.07) is 0. The Morgan fingerprint density at radius 2 is 1.38 bits per heavy atom. The molecular formula is HKMgO5S. The molecule has 0 aromatic heterocycles. The number of rotatable bonds is 0. The van der Waals surface area contributed by atoms with Gasteiger partial charge in [-0.2, -0.15) is 0 Å². The van der Waals surface area contributed by atoms with Gasteiger partial charge in [0.05, 0.1) is 0 Å². The van der Waals surface area contributed by atoms with E-state index in [1.165, 1.54) is 0 Å². The van der Waals surface area contributed by atoms with Crippen molar-refractivity contribution in [3.63, 3.8) is 0 Å². The van der Waals surface area contributed by atoms with Gasteiger partial charge in [-0.1, -0.05) is 0 Å². The van der Waals surface area contributed by atoms with Crippen molar-refractivity contribution in [2.24, 2.45) is 0 Å². The fraction of sp³-hybridized carbons (Fsp3) is 0. The first kappa shape index (κ1) is 22.5. The molecular weight excluding hydrogens is 175 g/mol. The molecule has 0 saturated carbocycles. The topological polar surface area (TPSA) is 106 Å². The average molecular weight is 176 g/mol. The molecule has 8 heavy (non-hydrogen) atoms. The minimum Gasteiger partial charge on any atom is -2.00 e. The van der Waals surface area contributed by atoms with E-state index < -0.39 is 10.4 Å². The molecule has 0 amide bonds. The van der Waals surface area contributed by atoms with E-state index in [4.69, 9.17) is 17.5 Å². The fourth-order valence-electron chi connectivity index (χ4n) is 0. The number of hydrogen-bond acceptors (Lipinski definition) is 3. The summed E-state index contributed by atoms with van der Waals surface area (Å²) in [5, 5.41) is 0. The van der Waals surface area contributed by atoms with Gasteiger partial charge in [-0.25, -0.2) is 8.42 Å². The van der Waals surface area contributed by atoms with Crippen LogP contribution >= 0.6 is 0 Å². The zero-order valence-corrected chi connectivity index (χ0v) is 9.55. The first-order chi connectivity index (χ1) is 2.00. The minimum atomic E-state index is -4.92. The molecule has 0 radical (unpaired) electrons. The van der Waals surface area contributed by atoms with Gasteiger partial charge in [-0.3, -0.25) is 4.55 Å². The summed E-state index contributed by atoms with van der Waals surface area (Å²) in [6.07, 6.45) is 0. The first-order valence-corrected chi connectivity index (χ1v) is 2.05. The minimum absolute atomic E-state index is 0. The third kappa shape index (κ3) is 86.4. The van der Waals surface area contributed by atoms with Crippen LogP contribution in [-0.2, 0) is 15.9 Å². The summed E-state index contributed by atoms with van der Waals surface area (Å²) in [4.78, 5) is 0. The van der Waals surface area contributed by atoms with Crippen LogP contribution in [-0.4, -0.2) is 40.6 Å². The summed E-state index contributed by atoms with van der Waals surface area (Å²) < 4.78 is 32.8. The normalized spacial score (nSPS) is 7.25. The predicted molar refractivity (Wildman–Crippen MR) is 18.8 cm³/mol. The zero-order valence-electron chi connectivity index (χ0n) is 4.20. The second kappa shape index (κ2) is 9.23. The SMILES string of the molecule is O=S(=O)([O-])O.[K+].[Mg+2].[O-2].